The Hall–Kier alpha value is 0.200. The van der Waals surface area contributed by atoms with Crippen LogP contribution in [0.2, 0.25) is 0 Å². The third kappa shape index (κ3) is 2.97. The van der Waals surface area contributed by atoms with Gasteiger partial charge in [0, 0.05) is 12.4 Å². The zero-order valence-corrected chi connectivity index (χ0v) is 7.79. The summed E-state index contributed by atoms with van der Waals surface area (Å²) in [6, 6.07) is 0. The van der Waals surface area contributed by atoms with Crippen LogP contribution in [0.25, 0.3) is 0 Å². The highest BCUT2D eigenvalue weighted by Crippen LogP contribution is 2.27. The first-order valence-corrected chi connectivity index (χ1v) is 5.79. The van der Waals surface area contributed by atoms with E-state index in [4.69, 9.17) is 11.6 Å². The molecule has 1 fully saturated rings. The van der Waals surface area contributed by atoms with Crippen LogP contribution >= 0.6 is 11.6 Å². The van der Waals surface area contributed by atoms with Crippen LogP contribution < -0.4 is 4.72 Å². The van der Waals surface area contributed by atoms with Gasteiger partial charge < -0.3 is 0 Å². The van der Waals surface area contributed by atoms with Crippen LogP contribution in [0, 0.1) is 0 Å². The van der Waals surface area contributed by atoms with E-state index in [2.05, 4.69) is 4.72 Å². The standard InChI is InChI=1S/C6H12ClNO2S/c7-4-1-5-8-11(9,10)6-2-3-6/h6,8H,1-5H2. The Morgan fingerprint density at radius 3 is 2.55 bits per heavy atom. The zero-order valence-electron chi connectivity index (χ0n) is 6.22. The van der Waals surface area contributed by atoms with Crippen LogP contribution in [0.5, 0.6) is 0 Å². The second-order valence-electron chi connectivity index (χ2n) is 2.68. The van der Waals surface area contributed by atoms with Crippen LogP contribution in [-0.2, 0) is 10.0 Å². The first kappa shape index (κ1) is 9.29. The SMILES string of the molecule is O=S(=O)(NCCCCl)C1CC1. The van der Waals surface area contributed by atoms with E-state index < -0.39 is 10.0 Å². The van der Waals surface area contributed by atoms with Gasteiger partial charge >= 0.3 is 0 Å². The third-order valence-corrected chi connectivity index (χ3v) is 3.80. The first-order valence-electron chi connectivity index (χ1n) is 3.71. The Balaban J connectivity index is 2.23. The highest BCUT2D eigenvalue weighted by molar-refractivity contribution is 7.90. The van der Waals surface area contributed by atoms with E-state index in [-0.39, 0.29) is 5.25 Å². The maximum absolute atomic E-state index is 11.1. The van der Waals surface area contributed by atoms with Gasteiger partial charge in [0.2, 0.25) is 10.0 Å². The summed E-state index contributed by atoms with van der Waals surface area (Å²) in [5.74, 6) is 0.507. The molecule has 0 aromatic heterocycles. The maximum Gasteiger partial charge on any atom is 0.214 e. The largest absolute Gasteiger partial charge is 0.215 e. The highest BCUT2D eigenvalue weighted by Gasteiger charge is 2.34. The fourth-order valence-corrected chi connectivity index (χ4v) is 2.33. The van der Waals surface area contributed by atoms with Crippen molar-refractivity contribution in [2.24, 2.45) is 0 Å². The molecule has 1 saturated carbocycles. The number of alkyl halides is 1. The lowest BCUT2D eigenvalue weighted by Crippen LogP contribution is -2.28. The number of rotatable bonds is 5. The van der Waals surface area contributed by atoms with Crippen LogP contribution in [0.4, 0.5) is 0 Å². The van der Waals surface area contributed by atoms with Gasteiger partial charge in [0.25, 0.3) is 0 Å². The van der Waals surface area contributed by atoms with Gasteiger partial charge in [0.05, 0.1) is 5.25 Å². The molecule has 3 nitrogen and oxygen atoms in total. The Bertz CT molecular complexity index is 211. The molecule has 0 atom stereocenters. The van der Waals surface area contributed by atoms with E-state index in [0.717, 1.165) is 12.8 Å². The van der Waals surface area contributed by atoms with Gasteiger partial charge in [0.15, 0.2) is 0 Å². The minimum absolute atomic E-state index is 0.113. The molecular weight excluding hydrogens is 186 g/mol. The lowest BCUT2D eigenvalue weighted by Gasteiger charge is -2.02. The van der Waals surface area contributed by atoms with E-state index in [1.54, 1.807) is 0 Å². The highest BCUT2D eigenvalue weighted by atomic mass is 35.5. The van der Waals surface area contributed by atoms with Crippen molar-refractivity contribution in [1.82, 2.24) is 4.72 Å². The van der Waals surface area contributed by atoms with Gasteiger partial charge in [-0.1, -0.05) is 0 Å². The van der Waals surface area contributed by atoms with Gasteiger partial charge in [0.1, 0.15) is 0 Å². The molecule has 66 valence electrons. The van der Waals surface area contributed by atoms with Crippen LogP contribution in [0.1, 0.15) is 19.3 Å². The summed E-state index contributed by atoms with van der Waals surface area (Å²) in [4.78, 5) is 0. The molecule has 0 spiro atoms. The van der Waals surface area contributed by atoms with Gasteiger partial charge in [-0.25, -0.2) is 13.1 Å². The van der Waals surface area contributed by atoms with E-state index >= 15 is 0 Å². The van der Waals surface area contributed by atoms with Crippen LogP contribution in [0.15, 0.2) is 0 Å². The average molecular weight is 198 g/mol. The number of nitrogens with one attached hydrogen (secondary N) is 1. The Morgan fingerprint density at radius 1 is 1.45 bits per heavy atom. The van der Waals surface area contributed by atoms with Gasteiger partial charge in [-0.15, -0.1) is 11.6 Å². The second-order valence-corrected chi connectivity index (χ2v) is 5.10. The molecule has 0 amide bonds. The van der Waals surface area contributed by atoms with Crippen molar-refractivity contribution in [1.29, 1.82) is 0 Å². The van der Waals surface area contributed by atoms with Crippen molar-refractivity contribution in [3.63, 3.8) is 0 Å². The molecular formula is C6H12ClNO2S. The Labute approximate surface area is 72.2 Å². The van der Waals surface area contributed by atoms with Crippen molar-refractivity contribution in [2.45, 2.75) is 24.5 Å². The number of halogens is 1. The molecule has 0 heterocycles. The monoisotopic (exact) mass is 197 g/mol. The average Bonchev–Trinajstić information content (AvgIpc) is 2.68. The molecule has 1 aliphatic rings. The summed E-state index contributed by atoms with van der Waals surface area (Å²) < 4.78 is 24.7. The van der Waals surface area contributed by atoms with Crippen LogP contribution in [-0.4, -0.2) is 26.1 Å². The number of hydrogen-bond acceptors (Lipinski definition) is 2. The molecule has 11 heavy (non-hydrogen) atoms. The Morgan fingerprint density at radius 2 is 2.09 bits per heavy atom. The van der Waals surface area contributed by atoms with Crippen molar-refractivity contribution in [2.75, 3.05) is 12.4 Å². The molecule has 0 aromatic rings. The topological polar surface area (TPSA) is 46.2 Å². The quantitative estimate of drug-likeness (QED) is 0.521. The minimum Gasteiger partial charge on any atom is -0.215 e. The summed E-state index contributed by atoms with van der Waals surface area (Å²) in [7, 11) is -2.97. The van der Waals surface area contributed by atoms with E-state index in [1.807, 2.05) is 0 Å². The predicted molar refractivity (Wildman–Crippen MR) is 45.3 cm³/mol. The maximum atomic E-state index is 11.1. The molecule has 1 N–H and O–H groups in total. The van der Waals surface area contributed by atoms with Crippen LogP contribution in [0.3, 0.4) is 0 Å². The minimum atomic E-state index is -2.97. The van der Waals surface area contributed by atoms with Crippen molar-refractivity contribution >= 4 is 21.6 Å². The molecule has 5 heteroatoms. The summed E-state index contributed by atoms with van der Waals surface area (Å²) in [5, 5.41) is -0.113. The molecule has 0 unspecified atom stereocenters. The van der Waals surface area contributed by atoms with Gasteiger partial charge in [-0.3, -0.25) is 0 Å². The predicted octanol–water partition coefficient (Wildman–Crippen LogP) is 0.697. The number of hydrogen-bond donors (Lipinski definition) is 1. The summed E-state index contributed by atoms with van der Waals surface area (Å²) in [6.07, 6.45) is 2.33. The smallest absolute Gasteiger partial charge is 0.214 e. The van der Waals surface area contributed by atoms with Gasteiger partial charge in [-0.05, 0) is 19.3 Å². The lowest BCUT2D eigenvalue weighted by molar-refractivity contribution is 0.579. The van der Waals surface area contributed by atoms with Crippen molar-refractivity contribution < 1.29 is 8.42 Å². The molecule has 0 radical (unpaired) electrons. The fraction of sp³-hybridized carbons (Fsp3) is 1.00. The van der Waals surface area contributed by atoms with E-state index in [9.17, 15) is 8.42 Å². The summed E-state index contributed by atoms with van der Waals surface area (Å²) in [6.45, 7) is 0.475. The third-order valence-electron chi connectivity index (χ3n) is 1.58. The second kappa shape index (κ2) is 3.74. The molecule has 1 rings (SSSR count). The van der Waals surface area contributed by atoms with E-state index in [0.29, 0.717) is 18.8 Å². The zero-order chi connectivity index (χ0) is 8.32. The lowest BCUT2D eigenvalue weighted by atomic mass is 10.5. The molecule has 0 bridgehead atoms. The van der Waals surface area contributed by atoms with Crippen molar-refractivity contribution in [3.8, 4) is 0 Å². The number of sulfonamides is 1. The normalized spacial score (nSPS) is 18.6. The molecule has 1 aliphatic carbocycles. The van der Waals surface area contributed by atoms with Crippen molar-refractivity contribution in [3.05, 3.63) is 0 Å². The fourth-order valence-electron chi connectivity index (χ4n) is 0.777. The summed E-state index contributed by atoms with van der Waals surface area (Å²) in [5.41, 5.74) is 0. The Kier molecular flexibility index (Phi) is 3.16. The summed E-state index contributed by atoms with van der Waals surface area (Å²) >= 11 is 5.39. The van der Waals surface area contributed by atoms with E-state index in [1.165, 1.54) is 0 Å². The molecule has 0 aliphatic heterocycles. The molecule has 0 aromatic carbocycles. The first-order chi connectivity index (χ1) is 5.17. The molecule has 0 saturated heterocycles. The van der Waals surface area contributed by atoms with Gasteiger partial charge in [-0.2, -0.15) is 0 Å².